The van der Waals surface area contributed by atoms with E-state index in [9.17, 15) is 4.79 Å². The van der Waals surface area contributed by atoms with Crippen molar-refractivity contribution in [2.75, 3.05) is 0 Å². The normalized spacial score (nSPS) is 18.5. The third-order valence-electron chi connectivity index (χ3n) is 3.64. The van der Waals surface area contributed by atoms with Crippen molar-refractivity contribution in [1.82, 2.24) is 5.32 Å². The molecule has 1 heterocycles. The Kier molecular flexibility index (Phi) is 3.24. The van der Waals surface area contributed by atoms with Crippen molar-refractivity contribution in [3.8, 4) is 0 Å². The zero-order valence-electron chi connectivity index (χ0n) is 10.4. The highest BCUT2D eigenvalue weighted by Crippen LogP contribution is 2.29. The van der Waals surface area contributed by atoms with Crippen molar-refractivity contribution >= 4 is 5.97 Å². The van der Waals surface area contributed by atoms with Gasteiger partial charge in [0.2, 0.25) is 5.76 Å². The molecule has 4 nitrogen and oxygen atoms in total. The van der Waals surface area contributed by atoms with Crippen molar-refractivity contribution in [3.63, 3.8) is 0 Å². The molecule has 1 aromatic heterocycles. The van der Waals surface area contributed by atoms with E-state index in [0.717, 1.165) is 5.56 Å². The maximum Gasteiger partial charge on any atom is 0.371 e. The van der Waals surface area contributed by atoms with E-state index >= 15 is 0 Å². The van der Waals surface area contributed by atoms with Gasteiger partial charge in [-0.3, -0.25) is 0 Å². The lowest BCUT2D eigenvalue weighted by molar-refractivity contribution is 0.0661. The van der Waals surface area contributed by atoms with E-state index in [1.54, 1.807) is 13.0 Å². The van der Waals surface area contributed by atoms with E-state index in [1.165, 1.54) is 25.7 Å². The fraction of sp³-hybridized carbons (Fsp3) is 0.615. The molecule has 94 valence electrons. The number of rotatable bonds is 4. The molecule has 0 aliphatic heterocycles. The van der Waals surface area contributed by atoms with Crippen LogP contribution < -0.4 is 5.32 Å². The average molecular weight is 237 g/mol. The maximum absolute atomic E-state index is 10.8. The Labute approximate surface area is 101 Å². The van der Waals surface area contributed by atoms with Crippen molar-refractivity contribution < 1.29 is 14.3 Å². The number of carbonyl (C=O) groups is 1. The molecule has 0 atom stereocenters. The zero-order valence-corrected chi connectivity index (χ0v) is 10.4. The van der Waals surface area contributed by atoms with Crippen molar-refractivity contribution in [2.45, 2.75) is 51.6 Å². The Morgan fingerprint density at radius 1 is 1.53 bits per heavy atom. The van der Waals surface area contributed by atoms with Crippen LogP contribution in [0.4, 0.5) is 0 Å². The lowest BCUT2D eigenvalue weighted by Gasteiger charge is -2.25. The van der Waals surface area contributed by atoms with Crippen LogP contribution in [-0.2, 0) is 6.54 Å². The molecule has 1 aliphatic rings. The van der Waals surface area contributed by atoms with E-state index in [4.69, 9.17) is 9.52 Å². The summed E-state index contributed by atoms with van der Waals surface area (Å²) in [5.41, 5.74) is 1.14. The quantitative estimate of drug-likeness (QED) is 0.845. The Morgan fingerprint density at radius 3 is 2.71 bits per heavy atom. The first-order valence-corrected chi connectivity index (χ1v) is 6.08. The summed E-state index contributed by atoms with van der Waals surface area (Å²) >= 11 is 0. The number of hydrogen-bond acceptors (Lipinski definition) is 3. The van der Waals surface area contributed by atoms with Crippen LogP contribution in [0.15, 0.2) is 10.5 Å². The first-order chi connectivity index (χ1) is 8.00. The van der Waals surface area contributed by atoms with E-state index in [1.807, 2.05) is 0 Å². The molecule has 0 amide bonds. The highest BCUT2D eigenvalue weighted by Gasteiger charge is 2.28. The van der Waals surface area contributed by atoms with Crippen LogP contribution in [0.2, 0.25) is 0 Å². The molecular weight excluding hydrogens is 218 g/mol. The second kappa shape index (κ2) is 4.53. The molecule has 0 saturated heterocycles. The van der Waals surface area contributed by atoms with E-state index < -0.39 is 5.97 Å². The van der Waals surface area contributed by atoms with Gasteiger partial charge in [-0.05, 0) is 32.8 Å². The number of aryl methyl sites for hydroxylation is 1. The molecule has 0 unspecified atom stereocenters. The van der Waals surface area contributed by atoms with Crippen LogP contribution in [0.5, 0.6) is 0 Å². The van der Waals surface area contributed by atoms with Gasteiger partial charge in [0.05, 0.1) is 0 Å². The lowest BCUT2D eigenvalue weighted by Crippen LogP contribution is -2.38. The third-order valence-corrected chi connectivity index (χ3v) is 3.64. The molecule has 1 aromatic rings. The number of hydrogen-bond donors (Lipinski definition) is 2. The number of carboxylic acids is 1. The van der Waals surface area contributed by atoms with Gasteiger partial charge in [-0.25, -0.2) is 4.79 Å². The molecule has 0 radical (unpaired) electrons. The van der Waals surface area contributed by atoms with Crippen molar-refractivity contribution in [3.05, 3.63) is 23.2 Å². The standard InChI is InChI=1S/C13H19NO3/c1-9-10(7-11(17-9)12(15)16)8-14-13(2)5-3-4-6-13/h7,14H,3-6,8H2,1-2H3,(H,15,16). The van der Waals surface area contributed by atoms with Crippen molar-refractivity contribution in [2.24, 2.45) is 0 Å². The van der Waals surface area contributed by atoms with Crippen LogP contribution in [0, 0.1) is 6.92 Å². The summed E-state index contributed by atoms with van der Waals surface area (Å²) in [6.45, 7) is 4.72. The molecule has 2 rings (SSSR count). The second-order valence-electron chi connectivity index (χ2n) is 5.12. The summed E-state index contributed by atoms with van der Waals surface area (Å²) in [4.78, 5) is 10.8. The summed E-state index contributed by atoms with van der Waals surface area (Å²) in [5.74, 6) is -0.293. The van der Waals surface area contributed by atoms with Crippen molar-refractivity contribution in [1.29, 1.82) is 0 Å². The molecule has 1 aliphatic carbocycles. The number of aromatic carboxylic acids is 1. The summed E-state index contributed by atoms with van der Waals surface area (Å²) in [5, 5.41) is 12.4. The van der Waals surface area contributed by atoms with Gasteiger partial charge in [-0.15, -0.1) is 0 Å². The van der Waals surface area contributed by atoms with Gasteiger partial charge in [0.1, 0.15) is 5.76 Å². The lowest BCUT2D eigenvalue weighted by atomic mass is 10.0. The summed E-state index contributed by atoms with van der Waals surface area (Å²) < 4.78 is 5.18. The molecule has 17 heavy (non-hydrogen) atoms. The molecular formula is C13H19NO3. The van der Waals surface area contributed by atoms with E-state index in [-0.39, 0.29) is 11.3 Å². The van der Waals surface area contributed by atoms with E-state index in [2.05, 4.69) is 12.2 Å². The van der Waals surface area contributed by atoms with Gasteiger partial charge in [0, 0.05) is 17.6 Å². The smallest absolute Gasteiger partial charge is 0.371 e. The van der Waals surface area contributed by atoms with Gasteiger partial charge in [0.25, 0.3) is 0 Å². The van der Waals surface area contributed by atoms with Gasteiger partial charge in [0.15, 0.2) is 0 Å². The average Bonchev–Trinajstić information content (AvgIpc) is 2.83. The van der Waals surface area contributed by atoms with E-state index in [0.29, 0.717) is 12.3 Å². The number of nitrogens with one attached hydrogen (secondary N) is 1. The van der Waals surface area contributed by atoms with Crippen LogP contribution in [0.3, 0.4) is 0 Å². The molecule has 0 aromatic carbocycles. The Morgan fingerprint density at radius 2 is 2.18 bits per heavy atom. The largest absolute Gasteiger partial charge is 0.475 e. The number of furan rings is 1. The highest BCUT2D eigenvalue weighted by atomic mass is 16.4. The fourth-order valence-electron chi connectivity index (χ4n) is 2.44. The number of carboxylic acid groups (broad SMARTS) is 1. The topological polar surface area (TPSA) is 62.5 Å². The fourth-order valence-corrected chi connectivity index (χ4v) is 2.44. The molecule has 0 spiro atoms. The first-order valence-electron chi connectivity index (χ1n) is 6.08. The summed E-state index contributed by atoms with van der Waals surface area (Å²) in [7, 11) is 0. The monoisotopic (exact) mass is 237 g/mol. The molecule has 4 heteroatoms. The third kappa shape index (κ3) is 2.69. The minimum atomic E-state index is -1.01. The SMILES string of the molecule is Cc1oc(C(=O)O)cc1CNC1(C)CCCC1. The minimum absolute atomic E-state index is 0.0240. The Bertz CT molecular complexity index is 416. The Balaban J connectivity index is 2.01. The predicted molar refractivity (Wildman–Crippen MR) is 64.1 cm³/mol. The first kappa shape index (κ1) is 12.2. The minimum Gasteiger partial charge on any atom is -0.475 e. The molecule has 0 bridgehead atoms. The maximum atomic E-state index is 10.8. The second-order valence-corrected chi connectivity index (χ2v) is 5.12. The van der Waals surface area contributed by atoms with Gasteiger partial charge in [-0.1, -0.05) is 12.8 Å². The van der Waals surface area contributed by atoms with Crippen LogP contribution >= 0.6 is 0 Å². The molecule has 1 saturated carbocycles. The highest BCUT2D eigenvalue weighted by molar-refractivity contribution is 5.84. The van der Waals surface area contributed by atoms with Crippen LogP contribution in [0.1, 0.15) is 54.5 Å². The molecule has 1 fully saturated rings. The summed E-state index contributed by atoms with van der Waals surface area (Å²) in [6, 6.07) is 1.61. The van der Waals surface area contributed by atoms with Gasteiger partial charge in [-0.2, -0.15) is 0 Å². The summed E-state index contributed by atoms with van der Waals surface area (Å²) in [6.07, 6.45) is 4.92. The Hall–Kier alpha value is -1.29. The van der Waals surface area contributed by atoms with Gasteiger partial charge < -0.3 is 14.8 Å². The molecule has 2 N–H and O–H groups in total. The zero-order chi connectivity index (χ0) is 12.5. The predicted octanol–water partition coefficient (Wildman–Crippen LogP) is 2.71. The van der Waals surface area contributed by atoms with Gasteiger partial charge >= 0.3 is 5.97 Å². The van der Waals surface area contributed by atoms with Crippen LogP contribution in [0.25, 0.3) is 0 Å². The van der Waals surface area contributed by atoms with Crippen LogP contribution in [-0.4, -0.2) is 16.6 Å².